The quantitative estimate of drug-likeness (QED) is 0.448. The maximum Gasteiger partial charge on any atom is 0.194 e. The van der Waals surface area contributed by atoms with Crippen LogP contribution in [0.4, 0.5) is 0 Å². The van der Waals surface area contributed by atoms with Crippen molar-refractivity contribution < 1.29 is 14.3 Å². The molecular formula is C26H36N2O3. The lowest BCUT2D eigenvalue weighted by molar-refractivity contribution is 0.104. The van der Waals surface area contributed by atoms with Crippen LogP contribution in [0.3, 0.4) is 0 Å². The lowest BCUT2D eigenvalue weighted by Gasteiger charge is -2.26. The average molecular weight is 425 g/mol. The van der Waals surface area contributed by atoms with Gasteiger partial charge in [-0.15, -0.1) is 0 Å². The van der Waals surface area contributed by atoms with Crippen molar-refractivity contribution in [2.75, 3.05) is 32.8 Å². The van der Waals surface area contributed by atoms with Gasteiger partial charge in [0.2, 0.25) is 0 Å². The molecule has 168 valence electrons. The zero-order chi connectivity index (χ0) is 22.4. The van der Waals surface area contributed by atoms with E-state index in [1.807, 2.05) is 36.4 Å². The first-order valence-corrected chi connectivity index (χ1v) is 11.5. The Kier molecular flexibility index (Phi) is 7.74. The van der Waals surface area contributed by atoms with Crippen LogP contribution in [0.25, 0.3) is 11.1 Å². The van der Waals surface area contributed by atoms with Crippen LogP contribution >= 0.6 is 0 Å². The first-order valence-electron chi connectivity index (χ1n) is 11.5. The van der Waals surface area contributed by atoms with E-state index in [4.69, 9.17) is 15.2 Å². The van der Waals surface area contributed by atoms with E-state index in [0.29, 0.717) is 30.1 Å². The summed E-state index contributed by atoms with van der Waals surface area (Å²) in [5.41, 5.74) is 9.48. The summed E-state index contributed by atoms with van der Waals surface area (Å²) in [6.07, 6.45) is 2.63. The fraction of sp³-hybridized carbons (Fsp3) is 0.500. The van der Waals surface area contributed by atoms with Crippen LogP contribution in [-0.2, 0) is 0 Å². The van der Waals surface area contributed by atoms with Gasteiger partial charge in [-0.1, -0.05) is 27.7 Å². The molecule has 0 saturated heterocycles. The number of rotatable bonds is 12. The third kappa shape index (κ3) is 5.28. The second-order valence-electron chi connectivity index (χ2n) is 8.29. The Balaban J connectivity index is 1.66. The molecule has 0 aromatic heterocycles. The minimum absolute atomic E-state index is 0.0277. The van der Waals surface area contributed by atoms with E-state index in [1.54, 1.807) is 0 Å². The molecule has 0 heterocycles. The van der Waals surface area contributed by atoms with E-state index in [2.05, 4.69) is 32.6 Å². The van der Waals surface area contributed by atoms with Crippen LogP contribution in [0.5, 0.6) is 11.5 Å². The molecule has 31 heavy (non-hydrogen) atoms. The number of nitrogens with zero attached hydrogens (tertiary/aromatic N) is 1. The van der Waals surface area contributed by atoms with Crippen LogP contribution in [-0.4, -0.2) is 49.1 Å². The summed E-state index contributed by atoms with van der Waals surface area (Å²) in [6, 6.07) is 11.6. The van der Waals surface area contributed by atoms with Crippen LogP contribution in [0.1, 0.15) is 62.9 Å². The van der Waals surface area contributed by atoms with E-state index in [1.165, 1.54) is 0 Å². The lowest BCUT2D eigenvalue weighted by Crippen LogP contribution is -2.39. The normalized spacial score (nSPS) is 12.8. The Hall–Kier alpha value is -2.37. The highest BCUT2D eigenvalue weighted by molar-refractivity contribution is 6.22. The number of ketones is 1. The van der Waals surface area contributed by atoms with Crippen molar-refractivity contribution in [3.8, 4) is 22.6 Å². The molecule has 0 amide bonds. The van der Waals surface area contributed by atoms with E-state index >= 15 is 0 Å². The van der Waals surface area contributed by atoms with E-state index in [-0.39, 0.29) is 11.3 Å². The van der Waals surface area contributed by atoms with Gasteiger partial charge in [-0.3, -0.25) is 4.79 Å². The van der Waals surface area contributed by atoms with Gasteiger partial charge in [0, 0.05) is 23.2 Å². The smallest absolute Gasteiger partial charge is 0.194 e. The van der Waals surface area contributed by atoms with Gasteiger partial charge in [-0.2, -0.15) is 0 Å². The molecule has 5 heteroatoms. The molecule has 0 spiro atoms. The maximum atomic E-state index is 13.1. The van der Waals surface area contributed by atoms with Crippen molar-refractivity contribution in [2.45, 2.75) is 52.5 Å². The van der Waals surface area contributed by atoms with E-state index in [0.717, 1.165) is 55.8 Å². The molecule has 0 atom stereocenters. The highest BCUT2D eigenvalue weighted by Gasteiger charge is 2.28. The number of carbonyl (C=O) groups is 1. The number of likely N-dealkylation sites (N-methyl/N-ethyl adjacent to an activating group) is 1. The van der Waals surface area contributed by atoms with E-state index in [9.17, 15) is 4.79 Å². The summed E-state index contributed by atoms with van der Waals surface area (Å²) in [5.74, 6) is 1.48. The van der Waals surface area contributed by atoms with E-state index < -0.39 is 0 Å². The highest BCUT2D eigenvalue weighted by atomic mass is 16.5. The minimum Gasteiger partial charge on any atom is -0.494 e. The summed E-state index contributed by atoms with van der Waals surface area (Å²) in [5, 5.41) is 0. The Bertz CT molecular complexity index is 902. The van der Waals surface area contributed by atoms with Crippen molar-refractivity contribution in [2.24, 2.45) is 5.73 Å². The molecule has 0 aliphatic heterocycles. The SMILES string of the molecule is CCN(CC)CCOc1ccc2c(c1)C(=O)c1cc(OCCC(N)(CC)CC)ccc1-2. The molecule has 0 bridgehead atoms. The first kappa shape index (κ1) is 23.3. The third-order valence-corrected chi connectivity index (χ3v) is 6.61. The molecule has 2 aromatic rings. The summed E-state index contributed by atoms with van der Waals surface area (Å²) in [7, 11) is 0. The number of hydrogen-bond donors (Lipinski definition) is 1. The molecule has 5 nitrogen and oxygen atoms in total. The highest BCUT2D eigenvalue weighted by Crippen LogP contribution is 2.40. The molecule has 0 fully saturated rings. The van der Waals surface area contributed by atoms with Crippen molar-refractivity contribution >= 4 is 5.78 Å². The zero-order valence-electron chi connectivity index (χ0n) is 19.4. The Morgan fingerprint density at radius 1 is 0.806 bits per heavy atom. The van der Waals surface area contributed by atoms with Crippen molar-refractivity contribution in [1.82, 2.24) is 4.90 Å². The fourth-order valence-electron chi connectivity index (χ4n) is 4.02. The summed E-state index contributed by atoms with van der Waals surface area (Å²) in [6.45, 7) is 12.5. The fourth-order valence-corrected chi connectivity index (χ4v) is 4.02. The average Bonchev–Trinajstić information content (AvgIpc) is 3.07. The molecule has 0 saturated carbocycles. The molecule has 0 unspecified atom stereocenters. The predicted molar refractivity (Wildman–Crippen MR) is 126 cm³/mol. The van der Waals surface area contributed by atoms with Gasteiger partial charge < -0.3 is 20.1 Å². The molecule has 1 aliphatic rings. The van der Waals surface area contributed by atoms with Gasteiger partial charge in [0.05, 0.1) is 6.61 Å². The second-order valence-corrected chi connectivity index (χ2v) is 8.29. The lowest BCUT2D eigenvalue weighted by atomic mass is 9.91. The summed E-state index contributed by atoms with van der Waals surface area (Å²) >= 11 is 0. The Morgan fingerprint density at radius 2 is 1.32 bits per heavy atom. The van der Waals surface area contributed by atoms with Crippen LogP contribution in [0.2, 0.25) is 0 Å². The van der Waals surface area contributed by atoms with Crippen LogP contribution < -0.4 is 15.2 Å². The maximum absolute atomic E-state index is 13.1. The molecule has 2 N–H and O–H groups in total. The van der Waals surface area contributed by atoms with Gasteiger partial charge in [-0.05, 0) is 79.9 Å². The minimum atomic E-state index is -0.190. The van der Waals surface area contributed by atoms with Gasteiger partial charge in [0.15, 0.2) is 5.78 Å². The monoisotopic (exact) mass is 424 g/mol. The topological polar surface area (TPSA) is 64.8 Å². The largest absolute Gasteiger partial charge is 0.494 e. The van der Waals surface area contributed by atoms with Crippen molar-refractivity contribution in [1.29, 1.82) is 0 Å². The number of nitrogens with two attached hydrogens (primary N) is 1. The first-order chi connectivity index (χ1) is 14.9. The van der Waals surface area contributed by atoms with Gasteiger partial charge in [0.1, 0.15) is 18.1 Å². The second kappa shape index (κ2) is 10.3. The third-order valence-electron chi connectivity index (χ3n) is 6.61. The number of ether oxygens (including phenoxy) is 2. The number of carbonyl (C=O) groups excluding carboxylic acids is 1. The van der Waals surface area contributed by atoms with Gasteiger partial charge in [-0.25, -0.2) is 0 Å². The molecule has 0 radical (unpaired) electrons. The van der Waals surface area contributed by atoms with Crippen LogP contribution in [0.15, 0.2) is 36.4 Å². The summed E-state index contributed by atoms with van der Waals surface area (Å²) in [4.78, 5) is 15.4. The molecule has 1 aliphatic carbocycles. The van der Waals surface area contributed by atoms with Crippen molar-refractivity contribution in [3.63, 3.8) is 0 Å². The van der Waals surface area contributed by atoms with Crippen LogP contribution in [0, 0.1) is 0 Å². The molecule has 3 rings (SSSR count). The Morgan fingerprint density at radius 3 is 1.81 bits per heavy atom. The standard InChI is InChI=1S/C26H36N2O3/c1-5-26(27,6-2)13-15-30-19-9-11-21-22-12-10-20(31-16-14-28(7-3)8-4)18-24(22)25(29)23(21)17-19/h9-12,17-18H,5-8,13-16,27H2,1-4H3. The predicted octanol–water partition coefficient (Wildman–Crippen LogP) is 4.91. The molecule has 2 aromatic carbocycles. The van der Waals surface area contributed by atoms with Gasteiger partial charge in [0.25, 0.3) is 0 Å². The van der Waals surface area contributed by atoms with Gasteiger partial charge >= 0.3 is 0 Å². The van der Waals surface area contributed by atoms with Crippen molar-refractivity contribution in [3.05, 3.63) is 47.5 Å². The number of hydrogen-bond acceptors (Lipinski definition) is 5. The Labute approximate surface area is 186 Å². The summed E-state index contributed by atoms with van der Waals surface area (Å²) < 4.78 is 11.8. The number of fused-ring (bicyclic) bond motifs is 3. The zero-order valence-corrected chi connectivity index (χ0v) is 19.4. The number of benzene rings is 2. The molecular weight excluding hydrogens is 388 g/mol.